The molecule has 0 aromatic heterocycles. The van der Waals surface area contributed by atoms with E-state index in [1.807, 2.05) is 13.0 Å². The number of nitrogens with zero attached hydrogens (tertiary/aromatic N) is 1. The van der Waals surface area contributed by atoms with Gasteiger partial charge in [0.2, 0.25) is 0 Å². The molecular formula is C10H12N2O2. The van der Waals surface area contributed by atoms with Crippen molar-refractivity contribution in [3.8, 4) is 6.07 Å². The standard InChI is InChI=1S/C10H12N2O2/c1-2-12-10(7-11)6-4-3-5-8(10)9(13)14/h3-6,8,12H,2H2,1H3,(H,13,14). The third-order valence-electron chi connectivity index (χ3n) is 2.18. The first-order valence-corrected chi connectivity index (χ1v) is 4.41. The van der Waals surface area contributed by atoms with Crippen molar-refractivity contribution in [3.63, 3.8) is 0 Å². The van der Waals surface area contributed by atoms with Crippen molar-refractivity contribution in [2.75, 3.05) is 6.54 Å². The molecular weight excluding hydrogens is 180 g/mol. The maximum absolute atomic E-state index is 10.9. The average molecular weight is 192 g/mol. The van der Waals surface area contributed by atoms with Gasteiger partial charge in [0.15, 0.2) is 0 Å². The number of allylic oxidation sites excluding steroid dienone is 2. The molecule has 0 aliphatic heterocycles. The Morgan fingerprint density at radius 3 is 2.93 bits per heavy atom. The highest BCUT2D eigenvalue weighted by atomic mass is 16.4. The minimum Gasteiger partial charge on any atom is -0.481 e. The molecule has 14 heavy (non-hydrogen) atoms. The predicted molar refractivity (Wildman–Crippen MR) is 51.4 cm³/mol. The Balaban J connectivity index is 3.03. The molecule has 1 rings (SSSR count). The monoisotopic (exact) mass is 192 g/mol. The first-order chi connectivity index (χ1) is 6.66. The number of likely N-dealkylation sites (N-methyl/N-ethyl adjacent to an activating group) is 1. The summed E-state index contributed by atoms with van der Waals surface area (Å²) in [5.74, 6) is -1.81. The molecule has 0 amide bonds. The largest absolute Gasteiger partial charge is 0.481 e. The van der Waals surface area contributed by atoms with E-state index >= 15 is 0 Å². The SMILES string of the molecule is CCNC1(C#N)C=CC=CC1C(=O)O. The maximum Gasteiger partial charge on any atom is 0.313 e. The van der Waals surface area contributed by atoms with E-state index in [1.165, 1.54) is 6.08 Å². The van der Waals surface area contributed by atoms with E-state index < -0.39 is 17.4 Å². The molecule has 74 valence electrons. The topological polar surface area (TPSA) is 73.1 Å². The highest BCUT2D eigenvalue weighted by molar-refractivity contribution is 5.76. The molecule has 0 saturated carbocycles. The van der Waals surface area contributed by atoms with Crippen LogP contribution in [-0.4, -0.2) is 23.2 Å². The van der Waals surface area contributed by atoms with Gasteiger partial charge in [-0.25, -0.2) is 0 Å². The molecule has 0 saturated heterocycles. The molecule has 2 unspecified atom stereocenters. The van der Waals surface area contributed by atoms with Gasteiger partial charge in [0.25, 0.3) is 0 Å². The van der Waals surface area contributed by atoms with E-state index in [-0.39, 0.29) is 0 Å². The highest BCUT2D eigenvalue weighted by Crippen LogP contribution is 2.24. The Morgan fingerprint density at radius 1 is 1.71 bits per heavy atom. The molecule has 2 atom stereocenters. The number of nitrogens with one attached hydrogen (secondary N) is 1. The number of rotatable bonds is 3. The Kier molecular flexibility index (Phi) is 3.05. The van der Waals surface area contributed by atoms with Crippen LogP contribution in [0.4, 0.5) is 0 Å². The summed E-state index contributed by atoms with van der Waals surface area (Å²) in [6, 6.07) is 2.02. The molecule has 0 spiro atoms. The maximum atomic E-state index is 10.9. The molecule has 0 aromatic carbocycles. The van der Waals surface area contributed by atoms with Gasteiger partial charge in [-0.15, -0.1) is 0 Å². The van der Waals surface area contributed by atoms with Crippen LogP contribution >= 0.6 is 0 Å². The van der Waals surface area contributed by atoms with Gasteiger partial charge in [-0.05, 0) is 12.6 Å². The van der Waals surface area contributed by atoms with Crippen molar-refractivity contribution in [2.24, 2.45) is 5.92 Å². The van der Waals surface area contributed by atoms with Crippen LogP contribution in [0.2, 0.25) is 0 Å². The summed E-state index contributed by atoms with van der Waals surface area (Å²) < 4.78 is 0. The zero-order valence-corrected chi connectivity index (χ0v) is 7.90. The quantitative estimate of drug-likeness (QED) is 0.689. The molecule has 1 aliphatic rings. The van der Waals surface area contributed by atoms with Crippen molar-refractivity contribution >= 4 is 5.97 Å². The number of hydrogen-bond acceptors (Lipinski definition) is 3. The lowest BCUT2D eigenvalue weighted by Crippen LogP contribution is -2.51. The molecule has 0 bridgehead atoms. The van der Waals surface area contributed by atoms with Crippen molar-refractivity contribution in [3.05, 3.63) is 24.3 Å². The number of carbonyl (C=O) groups is 1. The van der Waals surface area contributed by atoms with Crippen molar-refractivity contribution in [2.45, 2.75) is 12.5 Å². The average Bonchev–Trinajstić information content (AvgIpc) is 2.18. The van der Waals surface area contributed by atoms with Gasteiger partial charge in [-0.1, -0.05) is 25.2 Å². The minimum atomic E-state index is -1.10. The smallest absolute Gasteiger partial charge is 0.313 e. The second-order valence-electron chi connectivity index (χ2n) is 3.07. The van der Waals surface area contributed by atoms with Crippen LogP contribution in [0.5, 0.6) is 0 Å². The molecule has 4 heteroatoms. The predicted octanol–water partition coefficient (Wildman–Crippen LogP) is 0.685. The van der Waals surface area contributed by atoms with Crippen LogP contribution in [0.1, 0.15) is 6.92 Å². The van der Waals surface area contributed by atoms with Gasteiger partial charge in [-0.3, -0.25) is 10.1 Å². The zero-order valence-electron chi connectivity index (χ0n) is 7.90. The van der Waals surface area contributed by atoms with Crippen molar-refractivity contribution in [1.82, 2.24) is 5.32 Å². The summed E-state index contributed by atoms with van der Waals surface area (Å²) in [6.45, 7) is 2.39. The Morgan fingerprint density at radius 2 is 2.43 bits per heavy atom. The van der Waals surface area contributed by atoms with Crippen LogP contribution in [0.15, 0.2) is 24.3 Å². The second-order valence-corrected chi connectivity index (χ2v) is 3.07. The van der Waals surface area contributed by atoms with E-state index in [2.05, 4.69) is 5.32 Å². The Bertz CT molecular complexity index is 328. The molecule has 0 heterocycles. The highest BCUT2D eigenvalue weighted by Gasteiger charge is 2.40. The fourth-order valence-electron chi connectivity index (χ4n) is 1.52. The second kappa shape index (κ2) is 4.07. The lowest BCUT2D eigenvalue weighted by atomic mass is 9.81. The van der Waals surface area contributed by atoms with Crippen LogP contribution in [0.25, 0.3) is 0 Å². The van der Waals surface area contributed by atoms with E-state index in [0.29, 0.717) is 6.54 Å². The van der Waals surface area contributed by atoms with Crippen molar-refractivity contribution < 1.29 is 9.90 Å². The Labute approximate surface area is 82.5 Å². The normalized spacial score (nSPS) is 29.9. The number of aliphatic carboxylic acids is 1. The first-order valence-electron chi connectivity index (χ1n) is 4.41. The summed E-state index contributed by atoms with van der Waals surface area (Å²) >= 11 is 0. The minimum absolute atomic E-state index is 0.551. The molecule has 0 radical (unpaired) electrons. The van der Waals surface area contributed by atoms with Gasteiger partial charge < -0.3 is 5.11 Å². The summed E-state index contributed by atoms with van der Waals surface area (Å²) in [6.07, 6.45) is 6.44. The van der Waals surface area contributed by atoms with Gasteiger partial charge in [-0.2, -0.15) is 5.26 Å². The number of carboxylic acids is 1. The van der Waals surface area contributed by atoms with Crippen LogP contribution < -0.4 is 5.32 Å². The van der Waals surface area contributed by atoms with Crippen molar-refractivity contribution in [1.29, 1.82) is 5.26 Å². The Hall–Kier alpha value is -1.60. The zero-order chi connectivity index (χ0) is 10.6. The molecule has 0 aromatic rings. The van der Waals surface area contributed by atoms with E-state index in [9.17, 15) is 4.79 Å². The van der Waals surface area contributed by atoms with Gasteiger partial charge in [0, 0.05) is 0 Å². The van der Waals surface area contributed by atoms with E-state index in [0.717, 1.165) is 0 Å². The van der Waals surface area contributed by atoms with Crippen LogP contribution in [-0.2, 0) is 4.79 Å². The summed E-state index contributed by atoms with van der Waals surface area (Å²) in [5, 5.41) is 20.9. The van der Waals surface area contributed by atoms with Gasteiger partial charge >= 0.3 is 5.97 Å². The lowest BCUT2D eigenvalue weighted by Gasteiger charge is -2.30. The fourth-order valence-corrected chi connectivity index (χ4v) is 1.52. The van der Waals surface area contributed by atoms with E-state index in [1.54, 1.807) is 18.2 Å². The van der Waals surface area contributed by atoms with Gasteiger partial charge in [0.05, 0.1) is 6.07 Å². The number of hydrogen-bond donors (Lipinski definition) is 2. The first kappa shape index (κ1) is 10.5. The number of carboxylic acid groups (broad SMARTS) is 1. The van der Waals surface area contributed by atoms with Crippen LogP contribution in [0, 0.1) is 17.2 Å². The van der Waals surface area contributed by atoms with E-state index in [4.69, 9.17) is 10.4 Å². The molecule has 0 fully saturated rings. The van der Waals surface area contributed by atoms with Gasteiger partial charge in [0.1, 0.15) is 11.5 Å². The lowest BCUT2D eigenvalue weighted by molar-refractivity contribution is -0.141. The summed E-state index contributed by atoms with van der Waals surface area (Å²) in [5.41, 5.74) is -1.10. The molecule has 1 aliphatic carbocycles. The molecule has 4 nitrogen and oxygen atoms in total. The van der Waals surface area contributed by atoms with Crippen LogP contribution in [0.3, 0.4) is 0 Å². The third-order valence-corrected chi connectivity index (χ3v) is 2.18. The third kappa shape index (κ3) is 1.68. The number of nitriles is 1. The summed E-state index contributed by atoms with van der Waals surface area (Å²) in [7, 11) is 0. The fraction of sp³-hybridized carbons (Fsp3) is 0.400. The summed E-state index contributed by atoms with van der Waals surface area (Å²) in [4.78, 5) is 10.9. The molecule has 2 N–H and O–H groups in total.